The number of nitrogens with zero attached hydrogens (tertiary/aromatic N) is 1. The molecular weight excluding hydrogens is 288 g/mol. The Morgan fingerprint density at radius 3 is 2.00 bits per heavy atom. The molecule has 0 atom stereocenters. The second-order valence-electron chi connectivity index (χ2n) is 5.22. The van der Waals surface area contributed by atoms with Crippen molar-refractivity contribution in [1.82, 2.24) is 4.90 Å². The molecule has 0 unspecified atom stereocenters. The van der Waals surface area contributed by atoms with Crippen LogP contribution in [0.5, 0.6) is 0 Å². The van der Waals surface area contributed by atoms with Crippen molar-refractivity contribution in [3.05, 3.63) is 0 Å². The van der Waals surface area contributed by atoms with Crippen LogP contribution in [0.3, 0.4) is 0 Å². The van der Waals surface area contributed by atoms with Crippen LogP contribution in [0.15, 0.2) is 0 Å². The summed E-state index contributed by atoms with van der Waals surface area (Å²) in [6, 6.07) is 0.409. The molecule has 126 valence electrons. The molecule has 0 aromatic rings. The molecule has 0 rings (SSSR count). The van der Waals surface area contributed by atoms with Crippen molar-refractivity contribution in [1.29, 1.82) is 0 Å². The van der Waals surface area contributed by atoms with Gasteiger partial charge in [-0.15, -0.1) is 0 Å². The Labute approximate surface area is 135 Å². The SMILES string of the molecule is CCCCOCCOCCOCCN(CC(N)=S)C(C)C. The lowest BCUT2D eigenvalue weighted by Crippen LogP contribution is -2.39. The largest absolute Gasteiger partial charge is 0.392 e. The van der Waals surface area contributed by atoms with Gasteiger partial charge in [0.25, 0.3) is 0 Å². The molecule has 0 aliphatic heterocycles. The summed E-state index contributed by atoms with van der Waals surface area (Å²) in [4.78, 5) is 2.72. The van der Waals surface area contributed by atoms with Crippen LogP contribution >= 0.6 is 12.2 Å². The van der Waals surface area contributed by atoms with E-state index < -0.39 is 0 Å². The average molecular weight is 320 g/mol. The molecular formula is C15H32N2O3S. The van der Waals surface area contributed by atoms with Gasteiger partial charge in [0.2, 0.25) is 0 Å². The lowest BCUT2D eigenvalue weighted by Gasteiger charge is -2.25. The summed E-state index contributed by atoms with van der Waals surface area (Å²) < 4.78 is 16.4. The fraction of sp³-hybridized carbons (Fsp3) is 0.933. The zero-order valence-electron chi connectivity index (χ0n) is 13.8. The quantitative estimate of drug-likeness (QED) is 0.367. The fourth-order valence-corrected chi connectivity index (χ4v) is 1.86. The minimum Gasteiger partial charge on any atom is -0.392 e. The molecule has 0 aliphatic rings. The number of hydrogen-bond acceptors (Lipinski definition) is 5. The first-order chi connectivity index (χ1) is 10.1. The van der Waals surface area contributed by atoms with Crippen molar-refractivity contribution < 1.29 is 14.2 Å². The Morgan fingerprint density at radius 1 is 1.00 bits per heavy atom. The van der Waals surface area contributed by atoms with Gasteiger partial charge < -0.3 is 19.9 Å². The fourth-order valence-electron chi connectivity index (χ4n) is 1.69. The van der Waals surface area contributed by atoms with Gasteiger partial charge >= 0.3 is 0 Å². The van der Waals surface area contributed by atoms with E-state index in [1.807, 2.05) is 0 Å². The molecule has 21 heavy (non-hydrogen) atoms. The van der Waals surface area contributed by atoms with Gasteiger partial charge in [-0.05, 0) is 20.3 Å². The van der Waals surface area contributed by atoms with Gasteiger partial charge in [0.05, 0.1) is 38.0 Å². The van der Waals surface area contributed by atoms with Gasteiger partial charge in [-0.25, -0.2) is 0 Å². The number of hydrogen-bond donors (Lipinski definition) is 1. The zero-order chi connectivity index (χ0) is 15.9. The Bertz CT molecular complexity index is 253. The molecule has 5 nitrogen and oxygen atoms in total. The van der Waals surface area contributed by atoms with Crippen LogP contribution in [0, 0.1) is 0 Å². The minimum absolute atomic E-state index is 0.409. The molecule has 0 saturated heterocycles. The summed E-state index contributed by atoms with van der Waals surface area (Å²) in [5, 5.41) is 0. The highest BCUT2D eigenvalue weighted by molar-refractivity contribution is 7.80. The van der Waals surface area contributed by atoms with Crippen molar-refractivity contribution in [3.8, 4) is 0 Å². The van der Waals surface area contributed by atoms with Crippen molar-refractivity contribution >= 4 is 17.2 Å². The highest BCUT2D eigenvalue weighted by Gasteiger charge is 2.09. The normalized spacial score (nSPS) is 11.5. The molecule has 0 bridgehead atoms. The third kappa shape index (κ3) is 14.4. The maximum atomic E-state index is 5.58. The molecule has 0 heterocycles. The minimum atomic E-state index is 0.409. The number of nitrogens with two attached hydrogens (primary N) is 1. The first-order valence-corrected chi connectivity index (χ1v) is 8.24. The van der Waals surface area contributed by atoms with E-state index in [0.717, 1.165) is 26.0 Å². The maximum absolute atomic E-state index is 5.58. The third-order valence-electron chi connectivity index (χ3n) is 3.00. The summed E-state index contributed by atoms with van der Waals surface area (Å²) in [6.07, 6.45) is 2.28. The van der Waals surface area contributed by atoms with Gasteiger partial charge in [0, 0.05) is 25.7 Å². The molecule has 2 N–H and O–H groups in total. The van der Waals surface area contributed by atoms with E-state index in [0.29, 0.717) is 50.6 Å². The summed E-state index contributed by atoms with van der Waals surface area (Å²) >= 11 is 4.94. The number of thiocarbonyl (C=S) groups is 1. The average Bonchev–Trinajstić information content (AvgIpc) is 2.42. The van der Waals surface area contributed by atoms with Gasteiger partial charge in [-0.2, -0.15) is 0 Å². The monoisotopic (exact) mass is 320 g/mol. The van der Waals surface area contributed by atoms with E-state index in [1.54, 1.807) is 0 Å². The highest BCUT2D eigenvalue weighted by atomic mass is 32.1. The second-order valence-corrected chi connectivity index (χ2v) is 5.75. The second kappa shape index (κ2) is 14.7. The molecule has 0 radical (unpaired) electrons. The predicted octanol–water partition coefficient (Wildman–Crippen LogP) is 1.83. The zero-order valence-corrected chi connectivity index (χ0v) is 14.6. The standard InChI is InChI=1S/C15H32N2O3S/c1-4-5-7-18-9-11-20-12-10-19-8-6-17(14(2)3)13-15(16)21/h14H,4-13H2,1-3H3,(H2,16,21). The highest BCUT2D eigenvalue weighted by Crippen LogP contribution is 1.97. The summed E-state index contributed by atoms with van der Waals surface area (Å²) in [6.45, 7) is 11.9. The van der Waals surface area contributed by atoms with E-state index in [2.05, 4.69) is 25.7 Å². The van der Waals surface area contributed by atoms with Gasteiger partial charge in [-0.3, -0.25) is 4.90 Å². The van der Waals surface area contributed by atoms with Crippen LogP contribution in [-0.2, 0) is 14.2 Å². The van der Waals surface area contributed by atoms with Crippen molar-refractivity contribution in [2.45, 2.75) is 39.7 Å². The maximum Gasteiger partial charge on any atom is 0.0870 e. The summed E-state index contributed by atoms with van der Waals surface area (Å²) in [5.74, 6) is 0. The Morgan fingerprint density at radius 2 is 1.52 bits per heavy atom. The number of rotatable bonds is 15. The molecule has 0 aromatic carbocycles. The summed E-state index contributed by atoms with van der Waals surface area (Å²) in [5.41, 5.74) is 5.58. The molecule has 0 aromatic heterocycles. The predicted molar refractivity (Wildman–Crippen MR) is 90.9 cm³/mol. The van der Waals surface area contributed by atoms with Crippen LogP contribution in [-0.4, -0.2) is 68.7 Å². The van der Waals surface area contributed by atoms with E-state index >= 15 is 0 Å². The Balaban J connectivity index is 3.36. The van der Waals surface area contributed by atoms with Crippen molar-refractivity contribution in [3.63, 3.8) is 0 Å². The van der Waals surface area contributed by atoms with E-state index in [9.17, 15) is 0 Å². The summed E-state index contributed by atoms with van der Waals surface area (Å²) in [7, 11) is 0. The van der Waals surface area contributed by atoms with Crippen LogP contribution in [0.25, 0.3) is 0 Å². The van der Waals surface area contributed by atoms with E-state index in [1.165, 1.54) is 0 Å². The topological polar surface area (TPSA) is 57.0 Å². The lowest BCUT2D eigenvalue weighted by atomic mass is 10.3. The Hall–Kier alpha value is -0.270. The molecule has 0 spiro atoms. The van der Waals surface area contributed by atoms with Crippen LogP contribution in [0.2, 0.25) is 0 Å². The van der Waals surface area contributed by atoms with Gasteiger partial charge in [0.15, 0.2) is 0 Å². The Kier molecular flexibility index (Phi) is 14.5. The smallest absolute Gasteiger partial charge is 0.0870 e. The van der Waals surface area contributed by atoms with E-state index in [4.69, 9.17) is 32.2 Å². The van der Waals surface area contributed by atoms with Crippen LogP contribution in [0.1, 0.15) is 33.6 Å². The van der Waals surface area contributed by atoms with Crippen molar-refractivity contribution in [2.75, 3.05) is 52.7 Å². The van der Waals surface area contributed by atoms with Gasteiger partial charge in [-0.1, -0.05) is 25.6 Å². The molecule has 0 aliphatic carbocycles. The van der Waals surface area contributed by atoms with Crippen molar-refractivity contribution in [2.24, 2.45) is 5.73 Å². The van der Waals surface area contributed by atoms with Gasteiger partial charge in [0.1, 0.15) is 0 Å². The van der Waals surface area contributed by atoms with Crippen LogP contribution < -0.4 is 5.73 Å². The van der Waals surface area contributed by atoms with Crippen LogP contribution in [0.4, 0.5) is 0 Å². The third-order valence-corrected chi connectivity index (χ3v) is 3.13. The first kappa shape index (κ1) is 20.7. The number of ether oxygens (including phenoxy) is 3. The first-order valence-electron chi connectivity index (χ1n) is 7.83. The molecule has 0 saturated carbocycles. The molecule has 6 heteroatoms. The lowest BCUT2D eigenvalue weighted by molar-refractivity contribution is 0.00959. The number of unbranched alkanes of at least 4 members (excludes halogenated alkanes) is 1. The molecule has 0 amide bonds. The molecule has 0 fully saturated rings. The van der Waals surface area contributed by atoms with E-state index in [-0.39, 0.29) is 0 Å².